The topological polar surface area (TPSA) is 64.3 Å². The van der Waals surface area contributed by atoms with Crippen LogP contribution in [0.5, 0.6) is 5.75 Å². The van der Waals surface area contributed by atoms with Crippen LogP contribution in [0.1, 0.15) is 36.0 Å². The zero-order chi connectivity index (χ0) is 13.0. The second kappa shape index (κ2) is 5.54. The van der Waals surface area contributed by atoms with Crippen molar-refractivity contribution in [3.8, 4) is 11.8 Å². The molecular weight excluding hydrogens is 228 g/mol. The average molecular weight is 244 g/mol. The third-order valence-corrected chi connectivity index (χ3v) is 3.40. The fraction of sp³-hybridized carbons (Fsp3) is 0.429. The molecule has 4 heteroatoms. The summed E-state index contributed by atoms with van der Waals surface area (Å²) in [5.41, 5.74) is 0.277. The Morgan fingerprint density at radius 1 is 1.39 bits per heavy atom. The summed E-state index contributed by atoms with van der Waals surface area (Å²) in [5.74, 6) is -0.273. The van der Waals surface area contributed by atoms with Crippen molar-refractivity contribution in [2.75, 3.05) is 6.54 Å². The van der Waals surface area contributed by atoms with Gasteiger partial charge in [-0.1, -0.05) is 25.0 Å². The maximum absolute atomic E-state index is 12.4. The fourth-order valence-electron chi connectivity index (χ4n) is 2.47. The predicted octanol–water partition coefficient (Wildman–Crippen LogP) is 2.30. The lowest BCUT2D eigenvalue weighted by atomic mass is 10.1. The Labute approximate surface area is 106 Å². The molecule has 1 saturated carbocycles. The van der Waals surface area contributed by atoms with Gasteiger partial charge in [-0.25, -0.2) is 0 Å². The number of hydrogen-bond acceptors (Lipinski definition) is 3. The van der Waals surface area contributed by atoms with E-state index in [1.165, 1.54) is 6.07 Å². The molecule has 0 heterocycles. The van der Waals surface area contributed by atoms with E-state index >= 15 is 0 Å². The number of amides is 1. The SMILES string of the molecule is N#CCN(C(=O)c1ccccc1O)C1CCCC1. The summed E-state index contributed by atoms with van der Waals surface area (Å²) in [6.07, 6.45) is 4.09. The van der Waals surface area contributed by atoms with Crippen molar-refractivity contribution in [2.45, 2.75) is 31.7 Å². The molecule has 0 spiro atoms. The van der Waals surface area contributed by atoms with Crippen LogP contribution in [0.25, 0.3) is 0 Å². The zero-order valence-electron chi connectivity index (χ0n) is 10.2. The van der Waals surface area contributed by atoms with Gasteiger partial charge in [0.25, 0.3) is 5.91 Å². The number of benzene rings is 1. The van der Waals surface area contributed by atoms with E-state index < -0.39 is 0 Å². The molecule has 0 saturated heterocycles. The number of carbonyl (C=O) groups excluding carboxylic acids is 1. The van der Waals surface area contributed by atoms with Crippen molar-refractivity contribution in [1.82, 2.24) is 4.90 Å². The van der Waals surface area contributed by atoms with E-state index in [0.717, 1.165) is 25.7 Å². The molecule has 1 aromatic rings. The van der Waals surface area contributed by atoms with E-state index in [1.807, 2.05) is 6.07 Å². The summed E-state index contributed by atoms with van der Waals surface area (Å²) in [6, 6.07) is 8.65. The first-order valence-corrected chi connectivity index (χ1v) is 6.20. The van der Waals surface area contributed by atoms with E-state index in [-0.39, 0.29) is 29.8 Å². The Kier molecular flexibility index (Phi) is 3.83. The van der Waals surface area contributed by atoms with Crippen molar-refractivity contribution in [1.29, 1.82) is 5.26 Å². The summed E-state index contributed by atoms with van der Waals surface area (Å²) >= 11 is 0. The van der Waals surface area contributed by atoms with Gasteiger partial charge < -0.3 is 10.0 Å². The summed E-state index contributed by atoms with van der Waals surface area (Å²) in [5, 5.41) is 18.6. The molecule has 94 valence electrons. The van der Waals surface area contributed by atoms with E-state index in [9.17, 15) is 9.90 Å². The van der Waals surface area contributed by atoms with Gasteiger partial charge >= 0.3 is 0 Å². The van der Waals surface area contributed by atoms with Crippen LogP contribution in [-0.4, -0.2) is 28.5 Å². The highest BCUT2D eigenvalue weighted by molar-refractivity contribution is 5.97. The van der Waals surface area contributed by atoms with Crippen LogP contribution in [-0.2, 0) is 0 Å². The lowest BCUT2D eigenvalue weighted by molar-refractivity contribution is 0.0706. The molecule has 1 fully saturated rings. The van der Waals surface area contributed by atoms with Crippen LogP contribution >= 0.6 is 0 Å². The van der Waals surface area contributed by atoms with Crippen LogP contribution in [0.4, 0.5) is 0 Å². The molecule has 1 aromatic carbocycles. The molecule has 0 aliphatic heterocycles. The van der Waals surface area contributed by atoms with Gasteiger partial charge in [0.15, 0.2) is 0 Å². The molecule has 0 unspecified atom stereocenters. The quantitative estimate of drug-likeness (QED) is 0.830. The first-order valence-electron chi connectivity index (χ1n) is 6.20. The Balaban J connectivity index is 2.23. The van der Waals surface area contributed by atoms with E-state index in [2.05, 4.69) is 0 Å². The van der Waals surface area contributed by atoms with Crippen LogP contribution in [0.3, 0.4) is 0 Å². The van der Waals surface area contributed by atoms with Crippen molar-refractivity contribution >= 4 is 5.91 Å². The lowest BCUT2D eigenvalue weighted by Crippen LogP contribution is -2.39. The standard InChI is InChI=1S/C14H16N2O2/c15-9-10-16(11-5-1-2-6-11)14(18)12-7-3-4-8-13(12)17/h3-4,7-8,11,17H,1-2,5-6,10H2. The Bertz CT molecular complexity index is 473. The summed E-state index contributed by atoms with van der Waals surface area (Å²) < 4.78 is 0. The van der Waals surface area contributed by atoms with Gasteiger partial charge in [-0.3, -0.25) is 4.79 Å². The largest absolute Gasteiger partial charge is 0.507 e. The molecule has 2 rings (SSSR count). The third kappa shape index (κ3) is 2.45. The average Bonchev–Trinajstić information content (AvgIpc) is 2.89. The zero-order valence-corrected chi connectivity index (χ0v) is 10.2. The van der Waals surface area contributed by atoms with E-state index in [0.29, 0.717) is 0 Å². The van der Waals surface area contributed by atoms with Crippen LogP contribution in [0.2, 0.25) is 0 Å². The molecule has 18 heavy (non-hydrogen) atoms. The minimum atomic E-state index is -0.249. The molecule has 0 bridgehead atoms. The van der Waals surface area contributed by atoms with Gasteiger partial charge in [0, 0.05) is 6.04 Å². The predicted molar refractivity (Wildman–Crippen MR) is 67.0 cm³/mol. The van der Waals surface area contributed by atoms with Gasteiger partial charge in [0.2, 0.25) is 0 Å². The highest BCUT2D eigenvalue weighted by Crippen LogP contribution is 2.26. The maximum atomic E-state index is 12.4. The Hall–Kier alpha value is -2.02. The van der Waals surface area contributed by atoms with Gasteiger partial charge in [-0.2, -0.15) is 5.26 Å². The number of carbonyl (C=O) groups is 1. The number of phenolic OH excluding ortho intramolecular Hbond substituents is 1. The Morgan fingerprint density at radius 3 is 2.67 bits per heavy atom. The second-order valence-electron chi connectivity index (χ2n) is 4.55. The number of hydrogen-bond donors (Lipinski definition) is 1. The summed E-state index contributed by atoms with van der Waals surface area (Å²) in [7, 11) is 0. The third-order valence-electron chi connectivity index (χ3n) is 3.40. The minimum absolute atomic E-state index is 0.0246. The van der Waals surface area contributed by atoms with Crippen LogP contribution in [0.15, 0.2) is 24.3 Å². The number of phenols is 1. The molecule has 4 nitrogen and oxygen atoms in total. The Morgan fingerprint density at radius 2 is 2.06 bits per heavy atom. The van der Waals surface area contributed by atoms with Crippen molar-refractivity contribution in [2.24, 2.45) is 0 Å². The first-order chi connectivity index (χ1) is 8.74. The molecule has 1 N–H and O–H groups in total. The van der Waals surface area contributed by atoms with Crippen molar-refractivity contribution < 1.29 is 9.90 Å². The highest BCUT2D eigenvalue weighted by atomic mass is 16.3. The summed E-state index contributed by atoms with van der Waals surface area (Å²) in [6.45, 7) is 0.0812. The van der Waals surface area contributed by atoms with Gasteiger partial charge in [0.05, 0.1) is 11.6 Å². The maximum Gasteiger partial charge on any atom is 0.258 e. The fourth-order valence-corrected chi connectivity index (χ4v) is 2.47. The molecule has 0 atom stereocenters. The molecule has 1 amide bonds. The second-order valence-corrected chi connectivity index (χ2v) is 4.55. The van der Waals surface area contributed by atoms with E-state index in [1.54, 1.807) is 23.1 Å². The molecule has 0 radical (unpaired) electrons. The molecule has 1 aliphatic rings. The number of nitriles is 1. The number of aromatic hydroxyl groups is 1. The van der Waals surface area contributed by atoms with Gasteiger partial charge in [-0.05, 0) is 25.0 Å². The number of nitrogens with zero attached hydrogens (tertiary/aromatic N) is 2. The smallest absolute Gasteiger partial charge is 0.258 e. The van der Waals surface area contributed by atoms with Crippen molar-refractivity contribution in [3.05, 3.63) is 29.8 Å². The summed E-state index contributed by atoms with van der Waals surface area (Å²) in [4.78, 5) is 13.9. The first kappa shape index (κ1) is 12.4. The molecule has 0 aromatic heterocycles. The van der Waals surface area contributed by atoms with Gasteiger partial charge in [0.1, 0.15) is 12.3 Å². The van der Waals surface area contributed by atoms with Crippen LogP contribution in [0, 0.1) is 11.3 Å². The molecule has 1 aliphatic carbocycles. The molecular formula is C14H16N2O2. The van der Waals surface area contributed by atoms with Crippen molar-refractivity contribution in [3.63, 3.8) is 0 Å². The minimum Gasteiger partial charge on any atom is -0.507 e. The van der Waals surface area contributed by atoms with E-state index in [4.69, 9.17) is 5.26 Å². The monoisotopic (exact) mass is 244 g/mol. The highest BCUT2D eigenvalue weighted by Gasteiger charge is 2.28. The number of rotatable bonds is 3. The van der Waals surface area contributed by atoms with Crippen LogP contribution < -0.4 is 0 Å². The normalized spacial score (nSPS) is 15.3. The number of para-hydroxylation sites is 1. The lowest BCUT2D eigenvalue weighted by Gasteiger charge is -2.26. The van der Waals surface area contributed by atoms with Gasteiger partial charge in [-0.15, -0.1) is 0 Å².